The fraction of sp³-hybridized carbons (Fsp3) is 0.440. The van der Waals surface area contributed by atoms with E-state index in [-0.39, 0.29) is 6.61 Å². The Hall–Kier alpha value is -2.38. The first-order chi connectivity index (χ1) is 15.1. The van der Waals surface area contributed by atoms with Crippen LogP contribution < -0.4 is 4.74 Å². The van der Waals surface area contributed by atoms with Crippen LogP contribution in [0.2, 0.25) is 0 Å². The van der Waals surface area contributed by atoms with E-state index in [4.69, 9.17) is 9.47 Å². The number of methoxy groups -OCH3 is 1. The zero-order valence-electron chi connectivity index (χ0n) is 18.0. The van der Waals surface area contributed by atoms with Gasteiger partial charge in [0.05, 0.1) is 6.10 Å². The largest absolute Gasteiger partial charge is 0.491 e. The number of aryl methyl sites for hydroxylation is 1. The highest BCUT2D eigenvalue weighted by atomic mass is 16.5. The van der Waals surface area contributed by atoms with Crippen molar-refractivity contribution in [2.75, 3.05) is 26.8 Å². The summed E-state index contributed by atoms with van der Waals surface area (Å²) in [6.07, 6.45) is 0.384. The minimum absolute atomic E-state index is 0.0278. The molecule has 1 aromatic heterocycles. The molecule has 166 valence electrons. The van der Waals surface area contributed by atoms with E-state index in [1.54, 1.807) is 7.11 Å². The quantitative estimate of drug-likeness (QED) is 0.602. The van der Waals surface area contributed by atoms with E-state index in [9.17, 15) is 10.2 Å². The molecule has 3 N–H and O–H groups in total. The molecule has 0 saturated carbocycles. The van der Waals surface area contributed by atoms with Crippen molar-refractivity contribution in [1.29, 1.82) is 0 Å². The second-order valence-corrected chi connectivity index (χ2v) is 8.32. The predicted molar refractivity (Wildman–Crippen MR) is 121 cm³/mol. The maximum absolute atomic E-state index is 10.7. The highest BCUT2D eigenvalue weighted by Crippen LogP contribution is 2.22. The monoisotopic (exact) mass is 424 g/mol. The molecule has 0 amide bonds. The molecule has 1 aliphatic rings. The maximum Gasteiger partial charge on any atom is 0.122 e. The lowest BCUT2D eigenvalue weighted by molar-refractivity contribution is -0.0956. The van der Waals surface area contributed by atoms with Crippen molar-refractivity contribution in [2.45, 2.75) is 44.1 Å². The molecule has 0 fully saturated rings. The number of aliphatic hydroxyl groups is 2. The molecular weight excluding hydrogens is 392 g/mol. The molecule has 2 aromatic carbocycles. The molecule has 0 radical (unpaired) electrons. The molecule has 3 aromatic rings. The van der Waals surface area contributed by atoms with Crippen LogP contribution in [0.1, 0.15) is 24.1 Å². The fourth-order valence-electron chi connectivity index (χ4n) is 4.29. The van der Waals surface area contributed by atoms with E-state index in [0.29, 0.717) is 6.54 Å². The Balaban J connectivity index is 1.53. The predicted octanol–water partition coefficient (Wildman–Crippen LogP) is 3.12. The SMILES string of the molecule is CO[C@H]1CN(Cc2cc3ccccc3[nH]2)CCCCc2ccccc2OC[C@@H](O)[C@H]1O. The summed E-state index contributed by atoms with van der Waals surface area (Å²) in [5.41, 5.74) is 3.38. The summed E-state index contributed by atoms with van der Waals surface area (Å²) in [6, 6.07) is 18.3. The van der Waals surface area contributed by atoms with E-state index in [1.165, 1.54) is 5.39 Å². The van der Waals surface area contributed by atoms with Crippen LogP contribution in [0.15, 0.2) is 54.6 Å². The number of aromatic amines is 1. The number of benzene rings is 2. The average Bonchev–Trinajstić information content (AvgIpc) is 3.20. The molecule has 6 heteroatoms. The third-order valence-corrected chi connectivity index (χ3v) is 6.05. The van der Waals surface area contributed by atoms with Crippen LogP contribution in [-0.2, 0) is 17.7 Å². The summed E-state index contributed by atoms with van der Waals surface area (Å²) in [5, 5.41) is 22.5. The molecule has 6 nitrogen and oxygen atoms in total. The minimum Gasteiger partial charge on any atom is -0.491 e. The van der Waals surface area contributed by atoms with Gasteiger partial charge in [-0.3, -0.25) is 4.90 Å². The second kappa shape index (κ2) is 10.3. The van der Waals surface area contributed by atoms with Crippen LogP contribution in [0.25, 0.3) is 10.9 Å². The normalized spacial score (nSPS) is 23.9. The van der Waals surface area contributed by atoms with Gasteiger partial charge in [-0.25, -0.2) is 0 Å². The first-order valence-corrected chi connectivity index (χ1v) is 11.0. The van der Waals surface area contributed by atoms with Crippen LogP contribution in [0, 0.1) is 0 Å². The maximum atomic E-state index is 10.7. The van der Waals surface area contributed by atoms with Crippen molar-refractivity contribution >= 4 is 10.9 Å². The summed E-state index contributed by atoms with van der Waals surface area (Å²) in [4.78, 5) is 5.78. The number of H-pyrrole nitrogens is 1. The van der Waals surface area contributed by atoms with Gasteiger partial charge in [0.25, 0.3) is 0 Å². The second-order valence-electron chi connectivity index (χ2n) is 8.32. The molecule has 0 saturated heterocycles. The molecule has 0 spiro atoms. The lowest BCUT2D eigenvalue weighted by Gasteiger charge is -2.31. The van der Waals surface area contributed by atoms with Gasteiger partial charge in [0, 0.05) is 31.4 Å². The Morgan fingerprint density at radius 2 is 1.90 bits per heavy atom. The van der Waals surface area contributed by atoms with E-state index in [2.05, 4.69) is 34.1 Å². The highest BCUT2D eigenvalue weighted by Gasteiger charge is 2.29. The average molecular weight is 425 g/mol. The molecule has 4 rings (SSSR count). The van der Waals surface area contributed by atoms with E-state index >= 15 is 0 Å². The number of aromatic nitrogens is 1. The number of hydrogen-bond acceptors (Lipinski definition) is 5. The van der Waals surface area contributed by atoms with Crippen LogP contribution in [0.5, 0.6) is 5.75 Å². The van der Waals surface area contributed by atoms with Gasteiger partial charge in [-0.1, -0.05) is 36.4 Å². The van der Waals surface area contributed by atoms with Crippen LogP contribution in [0.4, 0.5) is 0 Å². The summed E-state index contributed by atoms with van der Waals surface area (Å²) in [6.45, 7) is 2.16. The van der Waals surface area contributed by atoms with Crippen LogP contribution >= 0.6 is 0 Å². The first-order valence-electron chi connectivity index (χ1n) is 11.0. The highest BCUT2D eigenvalue weighted by molar-refractivity contribution is 5.80. The van der Waals surface area contributed by atoms with E-state index < -0.39 is 18.3 Å². The van der Waals surface area contributed by atoms with E-state index in [0.717, 1.165) is 54.9 Å². The van der Waals surface area contributed by atoms with Gasteiger partial charge in [0.2, 0.25) is 0 Å². The molecular formula is C25H32N2O4. The standard InChI is InChI=1S/C25H32N2O4/c1-30-24-16-27(15-20-14-19-10-2-4-11-21(19)26-20)13-7-6-9-18-8-3-5-12-23(18)31-17-22(28)25(24)29/h2-5,8,10-12,14,22,24-26,28-29H,6-7,9,13,15-17H2,1H3/t22-,24+,25-/m1/s1. The lowest BCUT2D eigenvalue weighted by Crippen LogP contribution is -2.47. The summed E-state index contributed by atoms with van der Waals surface area (Å²) in [5.74, 6) is 0.775. The summed E-state index contributed by atoms with van der Waals surface area (Å²) >= 11 is 0. The molecule has 0 unspecified atom stereocenters. The minimum atomic E-state index is -1.04. The van der Waals surface area contributed by atoms with Crippen molar-refractivity contribution in [3.8, 4) is 5.75 Å². The Morgan fingerprint density at radius 1 is 1.10 bits per heavy atom. The zero-order valence-corrected chi connectivity index (χ0v) is 18.0. The molecule has 0 bridgehead atoms. The number of aliphatic hydroxyl groups excluding tert-OH is 2. The van der Waals surface area contributed by atoms with Crippen molar-refractivity contribution in [2.24, 2.45) is 0 Å². The van der Waals surface area contributed by atoms with Crippen molar-refractivity contribution < 1.29 is 19.7 Å². The van der Waals surface area contributed by atoms with Gasteiger partial charge in [-0.15, -0.1) is 0 Å². The van der Waals surface area contributed by atoms with Crippen LogP contribution in [-0.4, -0.2) is 65.2 Å². The van der Waals surface area contributed by atoms with Crippen molar-refractivity contribution in [3.05, 3.63) is 65.9 Å². The lowest BCUT2D eigenvalue weighted by atomic mass is 10.1. The fourth-order valence-corrected chi connectivity index (χ4v) is 4.29. The number of nitrogens with zero attached hydrogens (tertiary/aromatic N) is 1. The number of ether oxygens (including phenoxy) is 2. The summed E-state index contributed by atoms with van der Waals surface area (Å²) < 4.78 is 11.4. The van der Waals surface area contributed by atoms with Crippen molar-refractivity contribution in [3.63, 3.8) is 0 Å². The van der Waals surface area contributed by atoms with Gasteiger partial charge in [-0.05, 0) is 55.0 Å². The molecule has 2 heterocycles. The number of hydrogen-bond donors (Lipinski definition) is 3. The van der Waals surface area contributed by atoms with Crippen molar-refractivity contribution in [1.82, 2.24) is 9.88 Å². The number of nitrogens with one attached hydrogen (secondary N) is 1. The smallest absolute Gasteiger partial charge is 0.122 e. The van der Waals surface area contributed by atoms with Crippen LogP contribution in [0.3, 0.4) is 0 Å². The van der Waals surface area contributed by atoms with Gasteiger partial charge < -0.3 is 24.7 Å². The summed E-state index contributed by atoms with van der Waals surface area (Å²) in [7, 11) is 1.58. The Labute approximate surface area is 183 Å². The van der Waals surface area contributed by atoms with Gasteiger partial charge in [0.1, 0.15) is 24.6 Å². The Morgan fingerprint density at radius 3 is 2.74 bits per heavy atom. The number of fused-ring (bicyclic) bond motifs is 2. The number of para-hydroxylation sites is 2. The topological polar surface area (TPSA) is 78.0 Å². The van der Waals surface area contributed by atoms with Gasteiger partial charge in [-0.2, -0.15) is 0 Å². The molecule has 31 heavy (non-hydrogen) atoms. The van der Waals surface area contributed by atoms with Gasteiger partial charge in [0.15, 0.2) is 0 Å². The zero-order chi connectivity index (χ0) is 21.6. The number of rotatable bonds is 3. The molecule has 0 aliphatic carbocycles. The first kappa shape index (κ1) is 21.8. The van der Waals surface area contributed by atoms with Gasteiger partial charge >= 0.3 is 0 Å². The third-order valence-electron chi connectivity index (χ3n) is 6.05. The molecule has 3 atom stereocenters. The third kappa shape index (κ3) is 5.46. The Kier molecular flexibility index (Phi) is 7.25. The van der Waals surface area contributed by atoms with E-state index in [1.807, 2.05) is 30.3 Å². The molecule has 1 aliphatic heterocycles. The Bertz CT molecular complexity index is 940.